The van der Waals surface area contributed by atoms with Crippen molar-refractivity contribution in [3.05, 3.63) is 35.9 Å². The molecule has 3 atom stereocenters. The van der Waals surface area contributed by atoms with Crippen LogP contribution >= 0.6 is 11.6 Å². The van der Waals surface area contributed by atoms with Gasteiger partial charge in [-0.05, 0) is 30.2 Å². The summed E-state index contributed by atoms with van der Waals surface area (Å²) in [5, 5.41) is 0. The van der Waals surface area contributed by atoms with Crippen molar-refractivity contribution < 1.29 is 8.42 Å². The van der Waals surface area contributed by atoms with Crippen LogP contribution in [-0.2, 0) is 10.0 Å². The molecule has 1 aliphatic carbocycles. The molecule has 5 heteroatoms. The molecule has 1 aromatic carbocycles. The van der Waals surface area contributed by atoms with Crippen LogP contribution in [0.4, 0.5) is 0 Å². The van der Waals surface area contributed by atoms with Gasteiger partial charge in [-0.25, -0.2) is 13.1 Å². The van der Waals surface area contributed by atoms with E-state index in [0.29, 0.717) is 5.88 Å². The zero-order chi connectivity index (χ0) is 15.3. The third-order valence-corrected chi connectivity index (χ3v) is 6.27. The second-order valence-corrected chi connectivity index (χ2v) is 8.12. The van der Waals surface area contributed by atoms with Gasteiger partial charge >= 0.3 is 0 Å². The van der Waals surface area contributed by atoms with Crippen LogP contribution in [0.5, 0.6) is 0 Å². The van der Waals surface area contributed by atoms with Gasteiger partial charge in [-0.3, -0.25) is 0 Å². The van der Waals surface area contributed by atoms with E-state index in [-0.39, 0.29) is 23.6 Å². The first-order valence-corrected chi connectivity index (χ1v) is 9.81. The molecule has 0 spiro atoms. The van der Waals surface area contributed by atoms with E-state index in [9.17, 15) is 8.42 Å². The SMILES string of the molecule is CC(CS(=O)(=O)NC1CCCCC1CCl)c1ccccc1. The van der Waals surface area contributed by atoms with Crippen LogP contribution in [0.25, 0.3) is 0 Å². The minimum absolute atomic E-state index is 0.00391. The van der Waals surface area contributed by atoms with Crippen LogP contribution in [0, 0.1) is 5.92 Å². The van der Waals surface area contributed by atoms with Crippen LogP contribution in [0.2, 0.25) is 0 Å². The topological polar surface area (TPSA) is 46.2 Å². The van der Waals surface area contributed by atoms with Crippen molar-refractivity contribution in [2.45, 2.75) is 44.6 Å². The smallest absolute Gasteiger partial charge is 0.212 e. The predicted octanol–water partition coefficient (Wildman–Crippen LogP) is 3.51. The van der Waals surface area contributed by atoms with Crippen molar-refractivity contribution in [3.63, 3.8) is 0 Å². The van der Waals surface area contributed by atoms with E-state index in [1.807, 2.05) is 37.3 Å². The number of hydrogen-bond acceptors (Lipinski definition) is 2. The Hall–Kier alpha value is -0.580. The molecule has 21 heavy (non-hydrogen) atoms. The van der Waals surface area contributed by atoms with Crippen LogP contribution in [0.3, 0.4) is 0 Å². The summed E-state index contributed by atoms with van der Waals surface area (Å²) in [5.41, 5.74) is 1.06. The summed E-state index contributed by atoms with van der Waals surface area (Å²) in [6.45, 7) is 1.95. The molecule has 3 nitrogen and oxygen atoms in total. The second-order valence-electron chi connectivity index (χ2n) is 6.02. The van der Waals surface area contributed by atoms with Crippen LogP contribution in [0.1, 0.15) is 44.1 Å². The number of sulfonamides is 1. The molecule has 0 amide bonds. The maximum Gasteiger partial charge on any atom is 0.212 e. The molecule has 1 saturated carbocycles. The van der Waals surface area contributed by atoms with E-state index in [0.717, 1.165) is 31.2 Å². The fourth-order valence-corrected chi connectivity index (χ4v) is 5.12. The van der Waals surface area contributed by atoms with Gasteiger partial charge in [0, 0.05) is 11.9 Å². The third kappa shape index (κ3) is 4.97. The highest BCUT2D eigenvalue weighted by molar-refractivity contribution is 7.89. The standard InChI is InChI=1S/C16H24ClNO2S/c1-13(14-7-3-2-4-8-14)12-21(19,20)18-16-10-6-5-9-15(16)11-17/h2-4,7-8,13,15-16,18H,5-6,9-12H2,1H3. The summed E-state index contributed by atoms with van der Waals surface area (Å²) in [6.07, 6.45) is 4.14. The molecule has 1 N–H and O–H groups in total. The van der Waals surface area contributed by atoms with Gasteiger partial charge in [0.1, 0.15) is 0 Å². The lowest BCUT2D eigenvalue weighted by Crippen LogP contribution is -2.44. The molecule has 0 heterocycles. The molecular weight excluding hydrogens is 306 g/mol. The fourth-order valence-electron chi connectivity index (χ4n) is 3.03. The normalized spacial score (nSPS) is 24.7. The molecule has 0 aliphatic heterocycles. The zero-order valence-electron chi connectivity index (χ0n) is 12.5. The largest absolute Gasteiger partial charge is 0.212 e. The van der Waals surface area contributed by atoms with Gasteiger partial charge in [0.2, 0.25) is 10.0 Å². The van der Waals surface area contributed by atoms with Gasteiger partial charge in [-0.2, -0.15) is 0 Å². The van der Waals surface area contributed by atoms with Gasteiger partial charge in [-0.1, -0.05) is 50.1 Å². The Labute approximate surface area is 133 Å². The van der Waals surface area contributed by atoms with Gasteiger partial charge in [0.25, 0.3) is 0 Å². The number of rotatable bonds is 6. The maximum atomic E-state index is 12.4. The molecule has 1 fully saturated rings. The van der Waals surface area contributed by atoms with Crippen LogP contribution in [-0.4, -0.2) is 26.1 Å². The minimum Gasteiger partial charge on any atom is -0.212 e. The Morgan fingerprint density at radius 3 is 2.57 bits per heavy atom. The summed E-state index contributed by atoms with van der Waals surface area (Å²) >= 11 is 5.97. The zero-order valence-corrected chi connectivity index (χ0v) is 14.0. The Balaban J connectivity index is 1.98. The van der Waals surface area contributed by atoms with Crippen molar-refractivity contribution in [1.82, 2.24) is 4.72 Å². The van der Waals surface area contributed by atoms with Crippen molar-refractivity contribution in [2.75, 3.05) is 11.6 Å². The average molecular weight is 330 g/mol. The van der Waals surface area contributed by atoms with E-state index in [4.69, 9.17) is 11.6 Å². The maximum absolute atomic E-state index is 12.4. The van der Waals surface area contributed by atoms with E-state index in [2.05, 4.69) is 4.72 Å². The summed E-state index contributed by atoms with van der Waals surface area (Å²) in [7, 11) is -3.28. The fraction of sp³-hybridized carbons (Fsp3) is 0.625. The Morgan fingerprint density at radius 2 is 1.90 bits per heavy atom. The highest BCUT2D eigenvalue weighted by Gasteiger charge is 2.29. The number of hydrogen-bond donors (Lipinski definition) is 1. The monoisotopic (exact) mass is 329 g/mol. The van der Waals surface area contributed by atoms with Gasteiger partial charge in [0.05, 0.1) is 5.75 Å². The molecule has 2 rings (SSSR count). The lowest BCUT2D eigenvalue weighted by atomic mass is 9.86. The van der Waals surface area contributed by atoms with Gasteiger partial charge in [0.15, 0.2) is 0 Å². The molecule has 0 aromatic heterocycles. The second kappa shape index (κ2) is 7.61. The van der Waals surface area contributed by atoms with Crippen LogP contribution < -0.4 is 4.72 Å². The first-order valence-electron chi connectivity index (χ1n) is 7.63. The Morgan fingerprint density at radius 1 is 1.24 bits per heavy atom. The molecule has 1 aromatic rings. The summed E-state index contributed by atoms with van der Waals surface area (Å²) in [5.74, 6) is 0.910. The van der Waals surface area contributed by atoms with E-state index < -0.39 is 10.0 Å². The quantitative estimate of drug-likeness (QED) is 0.812. The molecule has 0 bridgehead atoms. The molecular formula is C16H24ClNO2S. The summed E-state index contributed by atoms with van der Waals surface area (Å²) < 4.78 is 27.7. The van der Waals surface area contributed by atoms with E-state index in [1.54, 1.807) is 0 Å². The predicted molar refractivity (Wildman–Crippen MR) is 88.2 cm³/mol. The molecule has 3 unspecified atom stereocenters. The lowest BCUT2D eigenvalue weighted by Gasteiger charge is -2.31. The van der Waals surface area contributed by atoms with Crippen molar-refractivity contribution in [1.29, 1.82) is 0 Å². The van der Waals surface area contributed by atoms with Crippen LogP contribution in [0.15, 0.2) is 30.3 Å². The minimum atomic E-state index is -3.28. The van der Waals surface area contributed by atoms with E-state index >= 15 is 0 Å². The average Bonchev–Trinajstić information content (AvgIpc) is 2.47. The van der Waals surface area contributed by atoms with Crippen molar-refractivity contribution >= 4 is 21.6 Å². The number of benzene rings is 1. The molecule has 0 radical (unpaired) electrons. The van der Waals surface area contributed by atoms with E-state index in [1.165, 1.54) is 0 Å². The highest BCUT2D eigenvalue weighted by Crippen LogP contribution is 2.26. The van der Waals surface area contributed by atoms with Crippen molar-refractivity contribution in [3.8, 4) is 0 Å². The van der Waals surface area contributed by atoms with Crippen molar-refractivity contribution in [2.24, 2.45) is 5.92 Å². The Kier molecular flexibility index (Phi) is 6.08. The number of alkyl halides is 1. The molecule has 118 valence electrons. The third-order valence-electron chi connectivity index (χ3n) is 4.28. The Bertz CT molecular complexity index is 532. The van der Waals surface area contributed by atoms with Gasteiger partial charge in [-0.15, -0.1) is 11.6 Å². The number of nitrogens with one attached hydrogen (secondary N) is 1. The molecule has 0 saturated heterocycles. The van der Waals surface area contributed by atoms with Gasteiger partial charge < -0.3 is 0 Å². The number of halogens is 1. The summed E-state index contributed by atoms with van der Waals surface area (Å²) in [6, 6.07) is 9.78. The summed E-state index contributed by atoms with van der Waals surface area (Å²) in [4.78, 5) is 0. The first kappa shape index (κ1) is 16.8. The highest BCUT2D eigenvalue weighted by atomic mass is 35.5. The first-order chi connectivity index (χ1) is 10.0. The lowest BCUT2D eigenvalue weighted by molar-refractivity contribution is 0.313. The molecule has 1 aliphatic rings.